The van der Waals surface area contributed by atoms with E-state index >= 15 is 0 Å². The molecule has 0 aliphatic heterocycles. The Kier molecular flexibility index (Phi) is 4.51. The lowest BCUT2D eigenvalue weighted by molar-refractivity contribution is 0.271. The van der Waals surface area contributed by atoms with Gasteiger partial charge in [0.2, 0.25) is 0 Å². The number of hydrogen-bond acceptors (Lipinski definition) is 1. The summed E-state index contributed by atoms with van der Waals surface area (Å²) in [4.78, 5) is 0. The molecule has 0 N–H and O–H groups in total. The molecule has 1 aliphatic carbocycles. The van der Waals surface area contributed by atoms with E-state index in [2.05, 4.69) is 53.5 Å². The van der Waals surface area contributed by atoms with Gasteiger partial charge >= 0.3 is 0 Å². The third-order valence-electron chi connectivity index (χ3n) is 4.57. The molecule has 1 nitrogen and oxygen atoms in total. The molecule has 2 atom stereocenters. The molecule has 0 spiro atoms. The van der Waals surface area contributed by atoms with Gasteiger partial charge in [-0.3, -0.25) is 0 Å². The van der Waals surface area contributed by atoms with Crippen molar-refractivity contribution in [1.29, 1.82) is 0 Å². The van der Waals surface area contributed by atoms with Crippen molar-refractivity contribution in [2.45, 2.75) is 68.4 Å². The van der Waals surface area contributed by atoms with E-state index in [4.69, 9.17) is 27.6 Å². The predicted molar refractivity (Wildman–Crippen MR) is 88.2 cm³/mol. The molecule has 0 heterocycles. The summed E-state index contributed by atoms with van der Waals surface area (Å²) in [5, 5.41) is 0.248. The van der Waals surface area contributed by atoms with E-state index in [1.807, 2.05) is 0 Å². The Morgan fingerprint density at radius 3 is 1.78 bits per heavy atom. The lowest BCUT2D eigenvalue weighted by Gasteiger charge is -2.36. The molecule has 1 saturated carbocycles. The largest absolute Gasteiger partial charge is 0.416 e. The van der Waals surface area contributed by atoms with Crippen LogP contribution in [0.15, 0.2) is 0 Å². The van der Waals surface area contributed by atoms with Crippen LogP contribution in [0.2, 0.25) is 43.3 Å². The van der Waals surface area contributed by atoms with Gasteiger partial charge in [0.05, 0.1) is 8.07 Å². The first kappa shape index (κ1) is 17.0. The molecule has 0 radical (unpaired) electrons. The molecule has 0 aromatic carbocycles. The molecular formula is C13H28Cl2OSi2. The number of alkyl halides is 2. The first-order valence-electron chi connectivity index (χ1n) is 6.73. The van der Waals surface area contributed by atoms with Crippen molar-refractivity contribution >= 4 is 39.6 Å². The SMILES string of the molecule is CC(C)(C)[Si](C)(C)OC[C@@H]1[C@@H]([Si](C)(C)C)C1(Cl)Cl. The second kappa shape index (κ2) is 4.76. The standard InChI is InChI=1S/C13H28Cl2OSi2/c1-12(2,3)18(7,8)16-9-10-11(13(10,14)15)17(4,5)6/h10-11H,9H2,1-8H3/t10-,11-/m1/s1. The van der Waals surface area contributed by atoms with Gasteiger partial charge in [0.1, 0.15) is 4.33 Å². The van der Waals surface area contributed by atoms with Crippen molar-refractivity contribution in [3.05, 3.63) is 0 Å². The maximum atomic E-state index is 6.44. The number of hydrogen-bond donors (Lipinski definition) is 0. The molecular weight excluding hydrogens is 299 g/mol. The molecule has 0 bridgehead atoms. The van der Waals surface area contributed by atoms with E-state index in [0.29, 0.717) is 11.5 Å². The molecule has 108 valence electrons. The maximum absolute atomic E-state index is 6.44. The Morgan fingerprint density at radius 1 is 1.06 bits per heavy atom. The van der Waals surface area contributed by atoms with E-state index in [1.165, 1.54) is 0 Å². The van der Waals surface area contributed by atoms with Gasteiger partial charge in [0.25, 0.3) is 0 Å². The lowest BCUT2D eigenvalue weighted by Crippen LogP contribution is -2.41. The van der Waals surface area contributed by atoms with E-state index in [9.17, 15) is 0 Å². The lowest BCUT2D eigenvalue weighted by atomic mass is 10.2. The van der Waals surface area contributed by atoms with Gasteiger partial charge < -0.3 is 4.43 Å². The summed E-state index contributed by atoms with van der Waals surface area (Å²) in [6.07, 6.45) is 0. The Balaban J connectivity index is 2.62. The quantitative estimate of drug-likeness (QED) is 0.488. The van der Waals surface area contributed by atoms with Crippen LogP contribution in [0.4, 0.5) is 0 Å². The molecule has 5 heteroatoms. The topological polar surface area (TPSA) is 9.23 Å². The smallest absolute Gasteiger partial charge is 0.191 e. The molecule has 18 heavy (non-hydrogen) atoms. The summed E-state index contributed by atoms with van der Waals surface area (Å²) in [6, 6.07) is 0. The highest BCUT2D eigenvalue weighted by atomic mass is 35.5. The zero-order chi connectivity index (χ0) is 14.6. The van der Waals surface area contributed by atoms with Crippen molar-refractivity contribution in [2.75, 3.05) is 6.61 Å². The van der Waals surface area contributed by atoms with Gasteiger partial charge in [-0.25, -0.2) is 0 Å². The summed E-state index contributed by atoms with van der Waals surface area (Å²) in [6.45, 7) is 19.1. The van der Waals surface area contributed by atoms with E-state index in [0.717, 1.165) is 6.61 Å². The summed E-state index contributed by atoms with van der Waals surface area (Å²) in [5.74, 6) is 0.335. The number of rotatable bonds is 4. The molecule has 1 fully saturated rings. The number of halogens is 2. The average molecular weight is 327 g/mol. The van der Waals surface area contributed by atoms with Crippen LogP contribution in [-0.4, -0.2) is 27.3 Å². The van der Waals surface area contributed by atoms with Crippen LogP contribution < -0.4 is 0 Å². The van der Waals surface area contributed by atoms with Crippen LogP contribution in [0.1, 0.15) is 20.8 Å². The molecule has 0 saturated heterocycles. The third kappa shape index (κ3) is 3.35. The highest BCUT2D eigenvalue weighted by Gasteiger charge is 2.67. The molecule has 1 aliphatic rings. The highest BCUT2D eigenvalue weighted by molar-refractivity contribution is 6.82. The van der Waals surface area contributed by atoms with Gasteiger partial charge in [-0.05, 0) is 23.7 Å². The minimum Gasteiger partial charge on any atom is -0.416 e. The van der Waals surface area contributed by atoms with Gasteiger partial charge in [-0.15, -0.1) is 23.2 Å². The zero-order valence-corrected chi connectivity index (χ0v) is 16.5. The van der Waals surface area contributed by atoms with E-state index < -0.39 is 20.7 Å². The van der Waals surface area contributed by atoms with Crippen molar-refractivity contribution in [3.63, 3.8) is 0 Å². The van der Waals surface area contributed by atoms with Crippen LogP contribution in [-0.2, 0) is 4.43 Å². The van der Waals surface area contributed by atoms with Crippen LogP contribution in [0.5, 0.6) is 0 Å². The summed E-state index contributed by atoms with van der Waals surface area (Å²) < 4.78 is 5.74. The van der Waals surface area contributed by atoms with Gasteiger partial charge in [-0.2, -0.15) is 0 Å². The van der Waals surface area contributed by atoms with Crippen molar-refractivity contribution in [3.8, 4) is 0 Å². The minimum atomic E-state index is -1.68. The normalized spacial score (nSPS) is 28.3. The molecule has 1 rings (SSSR count). The Morgan fingerprint density at radius 2 is 1.50 bits per heavy atom. The zero-order valence-electron chi connectivity index (χ0n) is 13.0. The fourth-order valence-corrected chi connectivity index (χ4v) is 8.89. The Labute approximate surface area is 125 Å². The first-order valence-corrected chi connectivity index (χ1v) is 14.0. The minimum absolute atomic E-state index is 0.248. The molecule has 0 aromatic heterocycles. The van der Waals surface area contributed by atoms with E-state index in [1.54, 1.807) is 0 Å². The average Bonchev–Trinajstić information content (AvgIpc) is 2.62. The van der Waals surface area contributed by atoms with Crippen LogP contribution in [0, 0.1) is 5.92 Å². The second-order valence-electron chi connectivity index (χ2n) is 8.20. The molecule has 0 unspecified atom stereocenters. The van der Waals surface area contributed by atoms with Gasteiger partial charge in [0.15, 0.2) is 8.32 Å². The Hall–Kier alpha value is 0.974. The summed E-state index contributed by atoms with van der Waals surface area (Å²) in [5.41, 5.74) is 0.470. The Bertz CT molecular complexity index is 316. The summed E-state index contributed by atoms with van der Waals surface area (Å²) in [7, 11) is -2.97. The van der Waals surface area contributed by atoms with Crippen molar-refractivity contribution < 1.29 is 4.43 Å². The fourth-order valence-electron chi connectivity index (χ4n) is 2.29. The van der Waals surface area contributed by atoms with Crippen molar-refractivity contribution in [1.82, 2.24) is 0 Å². The predicted octanol–water partition coefficient (Wildman–Crippen LogP) is 5.52. The van der Waals surface area contributed by atoms with Gasteiger partial charge in [-0.1, -0.05) is 40.4 Å². The van der Waals surface area contributed by atoms with E-state index in [-0.39, 0.29) is 5.04 Å². The van der Waals surface area contributed by atoms with Crippen LogP contribution in [0.3, 0.4) is 0 Å². The first-order chi connectivity index (χ1) is 7.71. The monoisotopic (exact) mass is 326 g/mol. The fraction of sp³-hybridized carbons (Fsp3) is 1.00. The summed E-state index contributed by atoms with van der Waals surface area (Å²) >= 11 is 12.9. The van der Waals surface area contributed by atoms with Crippen LogP contribution in [0.25, 0.3) is 0 Å². The maximum Gasteiger partial charge on any atom is 0.191 e. The second-order valence-corrected chi connectivity index (χ2v) is 19.8. The molecule has 0 aromatic rings. The van der Waals surface area contributed by atoms with Crippen molar-refractivity contribution in [2.24, 2.45) is 5.92 Å². The third-order valence-corrected chi connectivity index (χ3v) is 13.2. The van der Waals surface area contributed by atoms with Crippen LogP contribution >= 0.6 is 23.2 Å². The van der Waals surface area contributed by atoms with Gasteiger partial charge in [0, 0.05) is 12.5 Å². The highest BCUT2D eigenvalue weighted by Crippen LogP contribution is 2.68. The molecule has 0 amide bonds.